The van der Waals surface area contributed by atoms with Gasteiger partial charge in [0.1, 0.15) is 0 Å². The van der Waals surface area contributed by atoms with Crippen LogP contribution in [0.4, 0.5) is 0 Å². The average molecular weight is 199 g/mol. The summed E-state index contributed by atoms with van der Waals surface area (Å²) in [6.45, 7) is 3.18. The second kappa shape index (κ2) is 4.45. The van der Waals surface area contributed by atoms with Gasteiger partial charge in [0.05, 0.1) is 0 Å². The van der Waals surface area contributed by atoms with E-state index in [9.17, 15) is 0 Å². The van der Waals surface area contributed by atoms with Crippen LogP contribution in [0.5, 0.6) is 0 Å². The van der Waals surface area contributed by atoms with E-state index in [1.807, 2.05) is 7.05 Å². The minimum atomic E-state index is 1.04. The fourth-order valence-corrected chi connectivity index (χ4v) is 1.84. The first kappa shape index (κ1) is 10.2. The highest BCUT2D eigenvalue weighted by atomic mass is 14.8. The van der Waals surface area contributed by atoms with Crippen molar-refractivity contribution in [2.45, 2.75) is 13.3 Å². The maximum absolute atomic E-state index is 3.18. The zero-order valence-corrected chi connectivity index (χ0v) is 9.38. The molecule has 0 unspecified atom stereocenters. The topological polar surface area (TPSA) is 12.0 Å². The molecule has 0 aliphatic heterocycles. The summed E-state index contributed by atoms with van der Waals surface area (Å²) in [6, 6.07) is 13.3. The van der Waals surface area contributed by atoms with Crippen molar-refractivity contribution in [1.82, 2.24) is 5.32 Å². The number of hydrogen-bond donors (Lipinski definition) is 1. The Bertz CT molecular complexity index is 460. The van der Waals surface area contributed by atoms with Crippen LogP contribution in [0.3, 0.4) is 0 Å². The quantitative estimate of drug-likeness (QED) is 0.801. The van der Waals surface area contributed by atoms with E-state index in [1.165, 1.54) is 21.9 Å². The summed E-state index contributed by atoms with van der Waals surface area (Å²) in [5.74, 6) is 0. The van der Waals surface area contributed by atoms with Gasteiger partial charge in [-0.05, 0) is 43.3 Å². The van der Waals surface area contributed by atoms with Gasteiger partial charge in [0.25, 0.3) is 0 Å². The molecule has 1 N–H and O–H groups in total. The molecule has 1 nitrogen and oxygen atoms in total. The van der Waals surface area contributed by atoms with Gasteiger partial charge >= 0.3 is 0 Å². The van der Waals surface area contributed by atoms with Gasteiger partial charge in [-0.25, -0.2) is 0 Å². The van der Waals surface area contributed by atoms with Crippen molar-refractivity contribution in [1.29, 1.82) is 0 Å². The van der Waals surface area contributed by atoms with Crippen molar-refractivity contribution in [3.05, 3.63) is 47.5 Å². The predicted molar refractivity (Wildman–Crippen MR) is 66.3 cm³/mol. The standard InChI is InChI=1S/C14H17N/c1-11-3-5-13-6-4-12(7-8-15-2)10-14(13)9-11/h3-6,9-10,15H,7-8H2,1-2H3. The van der Waals surface area contributed by atoms with Gasteiger partial charge in [-0.2, -0.15) is 0 Å². The molecule has 0 aromatic heterocycles. The van der Waals surface area contributed by atoms with Crippen LogP contribution in [0, 0.1) is 6.92 Å². The van der Waals surface area contributed by atoms with Gasteiger partial charge in [0, 0.05) is 0 Å². The molecule has 0 spiro atoms. The molecule has 0 fully saturated rings. The van der Waals surface area contributed by atoms with Gasteiger partial charge in [0.15, 0.2) is 0 Å². The Labute approximate surface area is 91.1 Å². The zero-order chi connectivity index (χ0) is 10.7. The largest absolute Gasteiger partial charge is 0.319 e. The first-order valence-corrected chi connectivity index (χ1v) is 5.43. The highest BCUT2D eigenvalue weighted by Gasteiger charge is 1.96. The molecule has 0 saturated heterocycles. The van der Waals surface area contributed by atoms with Gasteiger partial charge < -0.3 is 5.32 Å². The number of rotatable bonds is 3. The molecule has 1 heteroatoms. The Morgan fingerprint density at radius 1 is 1.00 bits per heavy atom. The van der Waals surface area contributed by atoms with Crippen LogP contribution in [0.2, 0.25) is 0 Å². The molecule has 0 aliphatic carbocycles. The van der Waals surface area contributed by atoms with Crippen LogP contribution in [-0.2, 0) is 6.42 Å². The molecule has 2 aromatic carbocycles. The lowest BCUT2D eigenvalue weighted by Gasteiger charge is -2.04. The Morgan fingerprint density at radius 3 is 2.60 bits per heavy atom. The third-order valence-electron chi connectivity index (χ3n) is 2.72. The molecule has 0 saturated carbocycles. The third-order valence-corrected chi connectivity index (χ3v) is 2.72. The van der Waals surface area contributed by atoms with Gasteiger partial charge in [-0.15, -0.1) is 0 Å². The van der Waals surface area contributed by atoms with Crippen molar-refractivity contribution < 1.29 is 0 Å². The lowest BCUT2D eigenvalue weighted by atomic mass is 10.0. The third kappa shape index (κ3) is 2.37. The lowest BCUT2D eigenvalue weighted by Crippen LogP contribution is -2.10. The molecule has 0 aliphatic rings. The van der Waals surface area contributed by atoms with E-state index in [-0.39, 0.29) is 0 Å². The Balaban J connectivity index is 2.36. The predicted octanol–water partition coefficient (Wildman–Crippen LogP) is 2.91. The van der Waals surface area contributed by atoms with Crippen molar-refractivity contribution in [2.75, 3.05) is 13.6 Å². The van der Waals surface area contributed by atoms with E-state index in [4.69, 9.17) is 0 Å². The second-order valence-corrected chi connectivity index (χ2v) is 4.04. The van der Waals surface area contributed by atoms with Crippen molar-refractivity contribution in [3.8, 4) is 0 Å². The molecule has 0 radical (unpaired) electrons. The summed E-state index contributed by atoms with van der Waals surface area (Å²) >= 11 is 0. The molecule has 0 atom stereocenters. The van der Waals surface area contributed by atoms with Crippen LogP contribution < -0.4 is 5.32 Å². The summed E-state index contributed by atoms with van der Waals surface area (Å²) in [5, 5.41) is 5.85. The van der Waals surface area contributed by atoms with E-state index < -0.39 is 0 Å². The first-order chi connectivity index (χ1) is 7.29. The van der Waals surface area contributed by atoms with Crippen LogP contribution in [-0.4, -0.2) is 13.6 Å². The van der Waals surface area contributed by atoms with Crippen molar-refractivity contribution in [2.24, 2.45) is 0 Å². The van der Waals surface area contributed by atoms with Crippen LogP contribution in [0.25, 0.3) is 10.8 Å². The summed E-state index contributed by atoms with van der Waals surface area (Å²) < 4.78 is 0. The summed E-state index contributed by atoms with van der Waals surface area (Å²) in [7, 11) is 1.99. The number of likely N-dealkylation sites (N-methyl/N-ethyl adjacent to an activating group) is 1. The average Bonchev–Trinajstić information content (AvgIpc) is 2.25. The highest BCUT2D eigenvalue weighted by Crippen LogP contribution is 2.17. The highest BCUT2D eigenvalue weighted by molar-refractivity contribution is 5.83. The number of hydrogen-bond acceptors (Lipinski definition) is 1. The number of aryl methyl sites for hydroxylation is 1. The van der Waals surface area contributed by atoms with Crippen LogP contribution in [0.15, 0.2) is 36.4 Å². The molecule has 2 aromatic rings. The minimum absolute atomic E-state index is 1.04. The molecule has 15 heavy (non-hydrogen) atoms. The molecular formula is C14H17N. The van der Waals surface area contributed by atoms with E-state index in [0.29, 0.717) is 0 Å². The summed E-state index contributed by atoms with van der Waals surface area (Å²) in [5.41, 5.74) is 2.73. The Morgan fingerprint density at radius 2 is 1.80 bits per heavy atom. The van der Waals surface area contributed by atoms with Gasteiger partial charge in [0.2, 0.25) is 0 Å². The number of fused-ring (bicyclic) bond motifs is 1. The van der Waals surface area contributed by atoms with Crippen LogP contribution in [0.1, 0.15) is 11.1 Å². The summed E-state index contributed by atoms with van der Waals surface area (Å²) in [6.07, 6.45) is 1.10. The van der Waals surface area contributed by atoms with Gasteiger partial charge in [-0.1, -0.05) is 42.0 Å². The summed E-state index contributed by atoms with van der Waals surface area (Å²) in [4.78, 5) is 0. The molecule has 0 bridgehead atoms. The monoisotopic (exact) mass is 199 g/mol. The van der Waals surface area contributed by atoms with Crippen molar-refractivity contribution >= 4 is 10.8 Å². The van der Waals surface area contributed by atoms with E-state index in [0.717, 1.165) is 13.0 Å². The SMILES string of the molecule is CNCCc1ccc2ccc(C)cc2c1. The van der Waals surface area contributed by atoms with Crippen LogP contribution >= 0.6 is 0 Å². The zero-order valence-electron chi connectivity index (χ0n) is 9.38. The maximum Gasteiger partial charge on any atom is -0.00114 e. The molecule has 2 rings (SSSR count). The smallest absolute Gasteiger partial charge is 0.00114 e. The van der Waals surface area contributed by atoms with E-state index in [1.54, 1.807) is 0 Å². The van der Waals surface area contributed by atoms with E-state index >= 15 is 0 Å². The first-order valence-electron chi connectivity index (χ1n) is 5.43. The molecular weight excluding hydrogens is 182 g/mol. The minimum Gasteiger partial charge on any atom is -0.319 e. The lowest BCUT2D eigenvalue weighted by molar-refractivity contribution is 0.792. The Kier molecular flexibility index (Phi) is 3.02. The normalized spacial score (nSPS) is 10.8. The van der Waals surface area contributed by atoms with Gasteiger partial charge in [-0.3, -0.25) is 0 Å². The van der Waals surface area contributed by atoms with E-state index in [2.05, 4.69) is 48.6 Å². The van der Waals surface area contributed by atoms with Crippen molar-refractivity contribution in [3.63, 3.8) is 0 Å². The second-order valence-electron chi connectivity index (χ2n) is 4.04. The molecule has 78 valence electrons. The fourth-order valence-electron chi connectivity index (χ4n) is 1.84. The molecule has 0 heterocycles. The Hall–Kier alpha value is -1.34. The number of nitrogens with one attached hydrogen (secondary N) is 1. The maximum atomic E-state index is 3.18. The number of benzene rings is 2. The fraction of sp³-hybridized carbons (Fsp3) is 0.286. The molecule has 0 amide bonds.